The van der Waals surface area contributed by atoms with Crippen LogP contribution in [0, 0.1) is 5.92 Å². The number of nitrogens with one attached hydrogen (secondary N) is 1. The lowest BCUT2D eigenvalue weighted by Crippen LogP contribution is -2.57. The fraction of sp³-hybridized carbons (Fsp3) is 0.706. The summed E-state index contributed by atoms with van der Waals surface area (Å²) in [7, 11) is -3.48. The van der Waals surface area contributed by atoms with E-state index >= 15 is 0 Å². The zero-order valence-electron chi connectivity index (χ0n) is 15.1. The van der Waals surface area contributed by atoms with Crippen molar-refractivity contribution in [2.45, 2.75) is 49.9 Å². The molecule has 1 amide bonds. The van der Waals surface area contributed by atoms with E-state index < -0.39 is 10.0 Å². The van der Waals surface area contributed by atoms with Crippen LogP contribution in [0.25, 0.3) is 0 Å². The fourth-order valence-electron chi connectivity index (χ4n) is 3.41. The first-order chi connectivity index (χ1) is 11.8. The number of carbonyl (C=O) groups excluding carboxylic acids is 1. The lowest BCUT2D eigenvalue weighted by molar-refractivity contribution is 0.0608. The Morgan fingerprint density at radius 2 is 1.84 bits per heavy atom. The molecule has 1 aromatic heterocycles. The van der Waals surface area contributed by atoms with Crippen molar-refractivity contribution in [3.05, 3.63) is 17.0 Å². The van der Waals surface area contributed by atoms with Crippen molar-refractivity contribution in [1.29, 1.82) is 0 Å². The van der Waals surface area contributed by atoms with Gasteiger partial charge in [0.1, 0.15) is 4.21 Å². The van der Waals surface area contributed by atoms with E-state index in [1.165, 1.54) is 0 Å². The van der Waals surface area contributed by atoms with Crippen molar-refractivity contribution < 1.29 is 13.2 Å². The van der Waals surface area contributed by atoms with Crippen molar-refractivity contribution in [3.63, 3.8) is 0 Å². The highest BCUT2D eigenvalue weighted by atomic mass is 32.2. The summed E-state index contributed by atoms with van der Waals surface area (Å²) in [6.45, 7) is 8.78. The summed E-state index contributed by atoms with van der Waals surface area (Å²) in [5, 5.41) is 3.35. The summed E-state index contributed by atoms with van der Waals surface area (Å²) in [6, 6.07) is 3.57. The summed E-state index contributed by atoms with van der Waals surface area (Å²) < 4.78 is 27.5. The van der Waals surface area contributed by atoms with Crippen LogP contribution in [-0.4, -0.2) is 61.8 Å². The predicted molar refractivity (Wildman–Crippen MR) is 99.4 cm³/mol. The minimum absolute atomic E-state index is 0.0698. The van der Waals surface area contributed by atoms with Gasteiger partial charge in [0.05, 0.1) is 4.88 Å². The summed E-state index contributed by atoms with van der Waals surface area (Å²) >= 11 is 1.10. The molecule has 25 heavy (non-hydrogen) atoms. The smallest absolute Gasteiger partial charge is 0.264 e. The van der Waals surface area contributed by atoms with Gasteiger partial charge in [-0.3, -0.25) is 4.79 Å². The highest BCUT2D eigenvalue weighted by molar-refractivity contribution is 7.91. The van der Waals surface area contributed by atoms with Crippen LogP contribution in [0.3, 0.4) is 0 Å². The predicted octanol–water partition coefficient (Wildman–Crippen LogP) is 1.99. The topological polar surface area (TPSA) is 69.7 Å². The molecule has 0 saturated carbocycles. The average Bonchev–Trinajstić information content (AvgIpc) is 3.08. The number of sulfonamides is 1. The third-order valence-electron chi connectivity index (χ3n) is 5.42. The number of amides is 1. The van der Waals surface area contributed by atoms with Crippen LogP contribution in [0.1, 0.15) is 43.3 Å². The summed E-state index contributed by atoms with van der Waals surface area (Å²) in [5.74, 6) is 0.502. The number of hydrogen-bond donors (Lipinski definition) is 1. The van der Waals surface area contributed by atoms with E-state index in [9.17, 15) is 13.2 Å². The molecule has 8 heteroatoms. The summed E-state index contributed by atoms with van der Waals surface area (Å²) in [6.07, 6.45) is 1.79. The Bertz CT molecular complexity index is 723. The number of hydrogen-bond acceptors (Lipinski definition) is 5. The number of rotatable bonds is 3. The first-order valence-electron chi connectivity index (χ1n) is 8.95. The van der Waals surface area contributed by atoms with Crippen molar-refractivity contribution in [2.75, 3.05) is 26.2 Å². The van der Waals surface area contributed by atoms with E-state index in [2.05, 4.69) is 19.2 Å². The molecule has 0 radical (unpaired) electrons. The van der Waals surface area contributed by atoms with Gasteiger partial charge in [-0.15, -0.1) is 11.3 Å². The molecule has 2 atom stereocenters. The molecule has 0 bridgehead atoms. The molecule has 1 aromatic rings. The van der Waals surface area contributed by atoms with Gasteiger partial charge in [0, 0.05) is 38.3 Å². The number of piperidine rings is 1. The Balaban J connectivity index is 1.76. The zero-order chi connectivity index (χ0) is 18.2. The summed E-state index contributed by atoms with van der Waals surface area (Å²) in [5.41, 5.74) is 0. The van der Waals surface area contributed by atoms with Crippen molar-refractivity contribution in [3.8, 4) is 0 Å². The second-order valence-corrected chi connectivity index (χ2v) is 10.4. The van der Waals surface area contributed by atoms with Crippen molar-refractivity contribution in [2.24, 2.45) is 5.92 Å². The van der Waals surface area contributed by atoms with Gasteiger partial charge in [-0.05, 0) is 44.7 Å². The van der Waals surface area contributed by atoms with Crippen LogP contribution in [0.15, 0.2) is 16.3 Å². The molecule has 6 nitrogen and oxygen atoms in total. The Morgan fingerprint density at radius 1 is 1.16 bits per heavy atom. The van der Waals surface area contributed by atoms with E-state index in [1.807, 2.05) is 11.8 Å². The second-order valence-electron chi connectivity index (χ2n) is 7.19. The molecular weight excluding hydrogens is 358 g/mol. The molecule has 3 heterocycles. The maximum absolute atomic E-state index is 12.8. The Morgan fingerprint density at radius 3 is 2.52 bits per heavy atom. The molecule has 2 fully saturated rings. The third-order valence-corrected chi connectivity index (χ3v) is 8.86. The van der Waals surface area contributed by atoms with Gasteiger partial charge in [0.25, 0.3) is 15.9 Å². The molecule has 2 unspecified atom stereocenters. The lowest BCUT2D eigenvalue weighted by atomic mass is 10.0. The van der Waals surface area contributed by atoms with Gasteiger partial charge in [0.2, 0.25) is 0 Å². The standard InChI is InChI=1S/C17H27N3O3S2/c1-12-6-9-19(10-7-12)25(22,23)16-5-4-15(24-16)17(21)20-11-8-18-13(2)14(20)3/h4-5,12-14,18H,6-11H2,1-3H3. The second kappa shape index (κ2) is 7.34. The molecule has 140 valence electrons. The summed E-state index contributed by atoms with van der Waals surface area (Å²) in [4.78, 5) is 15.2. The molecule has 3 rings (SSSR count). The van der Waals surface area contributed by atoms with Crippen LogP contribution >= 0.6 is 11.3 Å². The first-order valence-corrected chi connectivity index (χ1v) is 11.2. The third kappa shape index (κ3) is 3.77. The van der Waals surface area contributed by atoms with Crippen LogP contribution in [0.4, 0.5) is 0 Å². The average molecular weight is 386 g/mol. The molecule has 0 aromatic carbocycles. The monoisotopic (exact) mass is 385 g/mol. The molecule has 2 aliphatic rings. The number of carbonyl (C=O) groups is 1. The molecular formula is C17H27N3O3S2. The highest BCUT2D eigenvalue weighted by Gasteiger charge is 2.32. The van der Waals surface area contributed by atoms with Crippen LogP contribution < -0.4 is 5.32 Å². The number of nitrogens with zero attached hydrogens (tertiary/aromatic N) is 2. The quantitative estimate of drug-likeness (QED) is 0.864. The maximum Gasteiger partial charge on any atom is 0.264 e. The number of piperazine rings is 1. The molecule has 0 aliphatic carbocycles. The van der Waals surface area contributed by atoms with Gasteiger partial charge in [-0.1, -0.05) is 6.92 Å². The van der Waals surface area contributed by atoms with E-state index in [-0.39, 0.29) is 22.2 Å². The van der Waals surface area contributed by atoms with Gasteiger partial charge in [-0.25, -0.2) is 8.42 Å². The fourth-order valence-corrected chi connectivity index (χ4v) is 6.30. The largest absolute Gasteiger partial charge is 0.332 e. The zero-order valence-corrected chi connectivity index (χ0v) is 16.7. The van der Waals surface area contributed by atoms with Crippen LogP contribution in [-0.2, 0) is 10.0 Å². The first kappa shape index (κ1) is 18.8. The SMILES string of the molecule is CC1CCN(S(=O)(=O)c2ccc(C(=O)N3CCNC(C)C3C)s2)CC1. The van der Waals surface area contributed by atoms with Gasteiger partial charge in [0.15, 0.2) is 0 Å². The Labute approximate surface area is 154 Å². The van der Waals surface area contributed by atoms with Crippen LogP contribution in [0.5, 0.6) is 0 Å². The van der Waals surface area contributed by atoms with Crippen molar-refractivity contribution >= 4 is 27.3 Å². The van der Waals surface area contributed by atoms with Gasteiger partial charge < -0.3 is 10.2 Å². The van der Waals surface area contributed by atoms with E-state index in [0.717, 1.165) is 30.7 Å². The molecule has 2 aliphatic heterocycles. The highest BCUT2D eigenvalue weighted by Crippen LogP contribution is 2.29. The lowest BCUT2D eigenvalue weighted by Gasteiger charge is -2.38. The van der Waals surface area contributed by atoms with E-state index in [1.54, 1.807) is 16.4 Å². The van der Waals surface area contributed by atoms with Crippen LogP contribution in [0.2, 0.25) is 0 Å². The molecule has 0 spiro atoms. The minimum atomic E-state index is -3.48. The van der Waals surface area contributed by atoms with E-state index in [0.29, 0.717) is 30.4 Å². The Hall–Kier alpha value is -0.960. The van der Waals surface area contributed by atoms with Crippen molar-refractivity contribution in [1.82, 2.24) is 14.5 Å². The Kier molecular flexibility index (Phi) is 5.53. The maximum atomic E-state index is 12.8. The van der Waals surface area contributed by atoms with Gasteiger partial charge in [-0.2, -0.15) is 4.31 Å². The van der Waals surface area contributed by atoms with Gasteiger partial charge >= 0.3 is 0 Å². The minimum Gasteiger partial charge on any atom is -0.332 e. The normalized spacial score (nSPS) is 26.8. The van der Waals surface area contributed by atoms with E-state index in [4.69, 9.17) is 0 Å². The number of thiophene rings is 1. The molecule has 2 saturated heterocycles. The molecule has 1 N–H and O–H groups in total.